The van der Waals surface area contributed by atoms with Crippen molar-refractivity contribution >= 4 is 16.3 Å². The molecule has 106 valence electrons. The van der Waals surface area contributed by atoms with Gasteiger partial charge < -0.3 is 9.47 Å². The molecule has 0 bridgehead atoms. The standard InChI is InChI=1S/C14H32N2Si2/c1-11-12(2)16(18(8,9)10)14(17(5,6)7)13(3)15(11)4/h13-14H,1-10H3. The highest BCUT2D eigenvalue weighted by Crippen LogP contribution is 2.36. The van der Waals surface area contributed by atoms with Crippen molar-refractivity contribution in [2.75, 3.05) is 7.05 Å². The van der Waals surface area contributed by atoms with Gasteiger partial charge in [-0.15, -0.1) is 0 Å². The summed E-state index contributed by atoms with van der Waals surface area (Å²) >= 11 is 0. The molecule has 0 amide bonds. The van der Waals surface area contributed by atoms with Crippen molar-refractivity contribution in [1.29, 1.82) is 0 Å². The van der Waals surface area contributed by atoms with E-state index in [2.05, 4.69) is 76.6 Å². The summed E-state index contributed by atoms with van der Waals surface area (Å²) in [7, 11) is -0.281. The van der Waals surface area contributed by atoms with Gasteiger partial charge in [0.1, 0.15) is 8.24 Å². The highest BCUT2D eigenvalue weighted by molar-refractivity contribution is 6.81. The zero-order valence-electron chi connectivity index (χ0n) is 14.0. The Kier molecular flexibility index (Phi) is 4.14. The molecule has 2 unspecified atom stereocenters. The predicted octanol–water partition coefficient (Wildman–Crippen LogP) is 3.95. The molecule has 0 aromatic carbocycles. The van der Waals surface area contributed by atoms with Crippen molar-refractivity contribution in [3.8, 4) is 0 Å². The van der Waals surface area contributed by atoms with E-state index in [0.717, 1.165) is 5.67 Å². The van der Waals surface area contributed by atoms with E-state index in [1.807, 2.05) is 0 Å². The number of rotatable bonds is 2. The van der Waals surface area contributed by atoms with Crippen LogP contribution in [0.25, 0.3) is 0 Å². The van der Waals surface area contributed by atoms with Crippen LogP contribution in [-0.4, -0.2) is 44.5 Å². The van der Waals surface area contributed by atoms with Gasteiger partial charge in [-0.2, -0.15) is 0 Å². The van der Waals surface area contributed by atoms with Gasteiger partial charge in [-0.25, -0.2) is 0 Å². The molecule has 2 atom stereocenters. The van der Waals surface area contributed by atoms with E-state index in [1.165, 1.54) is 11.4 Å². The first-order valence-electron chi connectivity index (χ1n) is 7.08. The lowest BCUT2D eigenvalue weighted by molar-refractivity contribution is 0.208. The second kappa shape index (κ2) is 4.71. The Labute approximate surface area is 116 Å². The lowest BCUT2D eigenvalue weighted by Crippen LogP contribution is -2.68. The summed E-state index contributed by atoms with van der Waals surface area (Å²) in [4.78, 5) is 2.49. The largest absolute Gasteiger partial charge is 0.398 e. The molecule has 0 saturated heterocycles. The Balaban J connectivity index is 3.39. The summed E-state index contributed by atoms with van der Waals surface area (Å²) < 4.78 is 2.83. The van der Waals surface area contributed by atoms with E-state index in [9.17, 15) is 0 Å². The summed E-state index contributed by atoms with van der Waals surface area (Å²) in [5.74, 6) is 0. The summed E-state index contributed by atoms with van der Waals surface area (Å²) in [6.07, 6.45) is 0. The van der Waals surface area contributed by atoms with Gasteiger partial charge in [0.25, 0.3) is 0 Å². The van der Waals surface area contributed by atoms with E-state index in [4.69, 9.17) is 0 Å². The van der Waals surface area contributed by atoms with Crippen LogP contribution in [0.2, 0.25) is 39.3 Å². The molecule has 0 spiro atoms. The summed E-state index contributed by atoms with van der Waals surface area (Å²) in [5, 5.41) is 0. The molecular weight excluding hydrogens is 252 g/mol. The maximum absolute atomic E-state index is 2.83. The van der Waals surface area contributed by atoms with Crippen LogP contribution >= 0.6 is 0 Å². The first kappa shape index (κ1) is 15.8. The molecule has 0 N–H and O–H groups in total. The van der Waals surface area contributed by atoms with Crippen LogP contribution in [0.3, 0.4) is 0 Å². The minimum absolute atomic E-state index is 0.632. The van der Waals surface area contributed by atoms with Crippen molar-refractivity contribution in [2.45, 2.75) is 71.8 Å². The van der Waals surface area contributed by atoms with Crippen LogP contribution in [0.4, 0.5) is 0 Å². The summed E-state index contributed by atoms with van der Waals surface area (Å²) in [6.45, 7) is 22.0. The van der Waals surface area contributed by atoms with Crippen molar-refractivity contribution < 1.29 is 0 Å². The smallest absolute Gasteiger partial charge is 0.147 e. The van der Waals surface area contributed by atoms with Crippen LogP contribution in [0.15, 0.2) is 11.4 Å². The molecular formula is C14H32N2Si2. The Bertz CT molecular complexity index is 350. The van der Waals surface area contributed by atoms with Crippen LogP contribution in [-0.2, 0) is 0 Å². The molecule has 1 heterocycles. The number of nitrogens with zero attached hydrogens (tertiary/aromatic N) is 2. The second-order valence-corrected chi connectivity index (χ2v) is 18.0. The van der Waals surface area contributed by atoms with E-state index < -0.39 is 16.3 Å². The third-order valence-electron chi connectivity index (χ3n) is 4.37. The molecule has 4 heteroatoms. The Morgan fingerprint density at radius 1 is 0.889 bits per heavy atom. The maximum atomic E-state index is 2.83. The minimum Gasteiger partial charge on any atom is -0.398 e. The second-order valence-electron chi connectivity index (χ2n) is 7.87. The van der Waals surface area contributed by atoms with E-state index >= 15 is 0 Å². The van der Waals surface area contributed by atoms with Crippen molar-refractivity contribution in [1.82, 2.24) is 9.47 Å². The van der Waals surface area contributed by atoms with E-state index in [1.54, 1.807) is 0 Å². The molecule has 0 aromatic rings. The van der Waals surface area contributed by atoms with Gasteiger partial charge in [0.2, 0.25) is 0 Å². The highest BCUT2D eigenvalue weighted by atomic mass is 28.3. The third-order valence-corrected chi connectivity index (χ3v) is 9.20. The first-order valence-corrected chi connectivity index (χ1v) is 14.1. The maximum Gasteiger partial charge on any atom is 0.147 e. The molecule has 0 radical (unpaired) electrons. The fraction of sp³-hybridized carbons (Fsp3) is 0.857. The molecule has 18 heavy (non-hydrogen) atoms. The Hall–Kier alpha value is -0.226. The topological polar surface area (TPSA) is 6.48 Å². The quantitative estimate of drug-likeness (QED) is 0.708. The van der Waals surface area contributed by atoms with Gasteiger partial charge in [-0.3, -0.25) is 0 Å². The fourth-order valence-corrected chi connectivity index (χ4v) is 10.6. The van der Waals surface area contributed by atoms with Crippen LogP contribution in [0, 0.1) is 0 Å². The monoisotopic (exact) mass is 284 g/mol. The number of allylic oxidation sites excluding steroid dienone is 2. The van der Waals surface area contributed by atoms with Crippen LogP contribution in [0.5, 0.6) is 0 Å². The zero-order valence-corrected chi connectivity index (χ0v) is 16.0. The molecule has 1 aliphatic heterocycles. The molecule has 2 nitrogen and oxygen atoms in total. The first-order chi connectivity index (χ1) is 7.89. The zero-order chi connectivity index (χ0) is 14.5. The lowest BCUT2D eigenvalue weighted by Gasteiger charge is -2.57. The van der Waals surface area contributed by atoms with Gasteiger partial charge >= 0.3 is 0 Å². The average Bonchev–Trinajstić information content (AvgIpc) is 2.16. The molecule has 1 rings (SSSR count). The normalized spacial score (nSPS) is 27.0. The number of hydrogen-bond acceptors (Lipinski definition) is 2. The molecule has 0 aliphatic carbocycles. The summed E-state index contributed by atoms with van der Waals surface area (Å²) in [5.41, 5.74) is 3.71. The predicted molar refractivity (Wildman–Crippen MR) is 87.9 cm³/mol. The van der Waals surface area contributed by atoms with Crippen molar-refractivity contribution in [3.05, 3.63) is 11.4 Å². The van der Waals surface area contributed by atoms with Crippen molar-refractivity contribution in [2.24, 2.45) is 0 Å². The van der Waals surface area contributed by atoms with Crippen LogP contribution < -0.4 is 0 Å². The SMILES string of the molecule is CC1=C(C)N([Si](C)(C)C)C([Si](C)(C)C)C(C)N1C. The highest BCUT2D eigenvalue weighted by Gasteiger charge is 2.45. The van der Waals surface area contributed by atoms with Gasteiger partial charge in [0, 0.05) is 30.1 Å². The minimum atomic E-state index is -1.32. The van der Waals surface area contributed by atoms with Crippen molar-refractivity contribution in [3.63, 3.8) is 0 Å². The van der Waals surface area contributed by atoms with Gasteiger partial charge in [-0.1, -0.05) is 39.3 Å². The average molecular weight is 285 g/mol. The molecule has 1 aliphatic rings. The van der Waals surface area contributed by atoms with E-state index in [-0.39, 0.29) is 0 Å². The number of likely N-dealkylation sites (N-methyl/N-ethyl adjacent to an activating group) is 1. The van der Waals surface area contributed by atoms with Gasteiger partial charge in [-0.05, 0) is 20.8 Å². The number of hydrogen-bond donors (Lipinski definition) is 0. The molecule has 0 saturated carbocycles. The lowest BCUT2D eigenvalue weighted by atomic mass is 10.2. The fourth-order valence-electron chi connectivity index (χ4n) is 3.40. The summed E-state index contributed by atoms with van der Waals surface area (Å²) in [6, 6.07) is 0.632. The molecule has 0 aromatic heterocycles. The Morgan fingerprint density at radius 2 is 1.33 bits per heavy atom. The molecule has 0 fully saturated rings. The van der Waals surface area contributed by atoms with E-state index in [0.29, 0.717) is 6.04 Å². The third kappa shape index (κ3) is 2.69. The van der Waals surface area contributed by atoms with Gasteiger partial charge in [0.05, 0.1) is 8.07 Å². The Morgan fingerprint density at radius 3 is 1.67 bits per heavy atom. The van der Waals surface area contributed by atoms with Crippen LogP contribution in [0.1, 0.15) is 20.8 Å². The van der Waals surface area contributed by atoms with Gasteiger partial charge in [0.15, 0.2) is 0 Å².